The van der Waals surface area contributed by atoms with Gasteiger partial charge >= 0.3 is 0 Å². The molecule has 4 nitrogen and oxygen atoms in total. The first-order valence-electron chi connectivity index (χ1n) is 11.7. The van der Waals surface area contributed by atoms with E-state index in [1.807, 2.05) is 93.6 Å². The van der Waals surface area contributed by atoms with Crippen molar-refractivity contribution in [2.45, 2.75) is 52.6 Å². The molecule has 0 radical (unpaired) electrons. The quantitative estimate of drug-likeness (QED) is 0.480. The molecule has 0 aliphatic heterocycles. The van der Waals surface area contributed by atoms with Crippen LogP contribution in [-0.2, 0) is 29.0 Å². The van der Waals surface area contributed by atoms with Crippen LogP contribution in [0.25, 0.3) is 0 Å². The third-order valence-corrected chi connectivity index (χ3v) is 5.73. The minimum absolute atomic E-state index is 0.0482. The molecule has 0 saturated heterocycles. The van der Waals surface area contributed by atoms with Gasteiger partial charge in [0.15, 0.2) is 0 Å². The first-order valence-corrected chi connectivity index (χ1v) is 11.7. The monoisotopic (exact) mass is 442 g/mol. The highest BCUT2D eigenvalue weighted by molar-refractivity contribution is 5.88. The average molecular weight is 443 g/mol. The predicted octanol–water partition coefficient (Wildman–Crippen LogP) is 5.01. The fourth-order valence-electron chi connectivity index (χ4n) is 3.91. The summed E-state index contributed by atoms with van der Waals surface area (Å²) in [6.45, 7) is 7.08. The van der Waals surface area contributed by atoms with Gasteiger partial charge in [-0.3, -0.25) is 9.59 Å². The van der Waals surface area contributed by atoms with Crippen LogP contribution in [0.5, 0.6) is 0 Å². The number of carbonyl (C=O) groups excluding carboxylic acids is 2. The van der Waals surface area contributed by atoms with Gasteiger partial charge in [-0.2, -0.15) is 0 Å². The summed E-state index contributed by atoms with van der Waals surface area (Å²) in [6, 6.07) is 25.5. The molecular formula is C29H34N2O2. The van der Waals surface area contributed by atoms with Crippen LogP contribution in [0.2, 0.25) is 0 Å². The van der Waals surface area contributed by atoms with Crippen molar-refractivity contribution in [2.24, 2.45) is 0 Å². The Morgan fingerprint density at radius 3 is 2.18 bits per heavy atom. The van der Waals surface area contributed by atoms with Gasteiger partial charge in [0.2, 0.25) is 11.8 Å². The molecule has 0 bridgehead atoms. The van der Waals surface area contributed by atoms with Gasteiger partial charge in [-0.1, -0.05) is 96.9 Å². The minimum Gasteiger partial charge on any atom is -0.354 e. The van der Waals surface area contributed by atoms with Crippen LogP contribution < -0.4 is 5.32 Å². The summed E-state index contributed by atoms with van der Waals surface area (Å²) in [4.78, 5) is 28.7. The SMILES string of the molecule is CCCNC(=O)[C@@H](Cc1ccccc1)N(Cc1cccc(C)c1)C(=O)Cc1ccc(C)cc1. The van der Waals surface area contributed by atoms with E-state index in [4.69, 9.17) is 0 Å². The van der Waals surface area contributed by atoms with Crippen LogP contribution >= 0.6 is 0 Å². The summed E-state index contributed by atoms with van der Waals surface area (Å²) in [5.74, 6) is -0.154. The first-order chi connectivity index (χ1) is 16.0. The number of benzene rings is 3. The van der Waals surface area contributed by atoms with Gasteiger partial charge in [-0.25, -0.2) is 0 Å². The first kappa shape index (κ1) is 24.2. The maximum Gasteiger partial charge on any atom is 0.243 e. The maximum absolute atomic E-state index is 13.6. The molecular weight excluding hydrogens is 408 g/mol. The van der Waals surface area contributed by atoms with Crippen LogP contribution in [0.1, 0.15) is 41.2 Å². The second-order valence-electron chi connectivity index (χ2n) is 8.67. The molecule has 3 aromatic rings. The number of carbonyl (C=O) groups is 2. The molecule has 0 aliphatic rings. The van der Waals surface area contributed by atoms with E-state index in [1.165, 1.54) is 0 Å². The Bertz CT molecular complexity index is 1040. The predicted molar refractivity (Wildman–Crippen MR) is 134 cm³/mol. The summed E-state index contributed by atoms with van der Waals surface area (Å²) >= 11 is 0. The van der Waals surface area contributed by atoms with Gasteiger partial charge in [0.05, 0.1) is 6.42 Å². The largest absolute Gasteiger partial charge is 0.354 e. The van der Waals surface area contributed by atoms with E-state index in [2.05, 4.69) is 11.4 Å². The lowest BCUT2D eigenvalue weighted by atomic mass is 10.0. The normalized spacial score (nSPS) is 11.6. The minimum atomic E-state index is -0.586. The Kier molecular flexibility index (Phi) is 8.82. The average Bonchev–Trinajstić information content (AvgIpc) is 2.82. The summed E-state index contributed by atoms with van der Waals surface area (Å²) in [7, 11) is 0. The van der Waals surface area contributed by atoms with E-state index < -0.39 is 6.04 Å². The second-order valence-corrected chi connectivity index (χ2v) is 8.67. The van der Waals surface area contributed by atoms with Gasteiger partial charge < -0.3 is 10.2 Å². The number of amides is 2. The molecule has 0 saturated carbocycles. The highest BCUT2D eigenvalue weighted by Gasteiger charge is 2.30. The highest BCUT2D eigenvalue weighted by Crippen LogP contribution is 2.17. The molecule has 0 aliphatic carbocycles. The highest BCUT2D eigenvalue weighted by atomic mass is 16.2. The number of rotatable bonds is 10. The van der Waals surface area contributed by atoms with Crippen molar-refractivity contribution in [2.75, 3.05) is 6.54 Å². The van der Waals surface area contributed by atoms with Crippen LogP contribution in [0.3, 0.4) is 0 Å². The third kappa shape index (κ3) is 7.31. The topological polar surface area (TPSA) is 49.4 Å². The van der Waals surface area contributed by atoms with Crippen molar-refractivity contribution in [3.05, 3.63) is 107 Å². The van der Waals surface area contributed by atoms with Crippen molar-refractivity contribution in [1.82, 2.24) is 10.2 Å². The fourth-order valence-corrected chi connectivity index (χ4v) is 3.91. The maximum atomic E-state index is 13.6. The molecule has 4 heteroatoms. The number of hydrogen-bond acceptors (Lipinski definition) is 2. The van der Waals surface area contributed by atoms with Crippen LogP contribution in [0.15, 0.2) is 78.9 Å². The van der Waals surface area contributed by atoms with Crippen molar-refractivity contribution in [1.29, 1.82) is 0 Å². The van der Waals surface area contributed by atoms with Crippen LogP contribution in [-0.4, -0.2) is 29.3 Å². The smallest absolute Gasteiger partial charge is 0.243 e. The van der Waals surface area contributed by atoms with E-state index in [0.29, 0.717) is 19.5 Å². The Balaban J connectivity index is 1.94. The van der Waals surface area contributed by atoms with Crippen molar-refractivity contribution in [3.8, 4) is 0 Å². The van der Waals surface area contributed by atoms with E-state index in [0.717, 1.165) is 34.2 Å². The Morgan fingerprint density at radius 2 is 1.52 bits per heavy atom. The van der Waals surface area contributed by atoms with E-state index in [9.17, 15) is 9.59 Å². The van der Waals surface area contributed by atoms with E-state index in [-0.39, 0.29) is 18.2 Å². The Labute approximate surface area is 197 Å². The Hall–Kier alpha value is -3.40. The Morgan fingerprint density at radius 1 is 0.818 bits per heavy atom. The number of nitrogens with zero attached hydrogens (tertiary/aromatic N) is 1. The molecule has 0 fully saturated rings. The summed E-state index contributed by atoms with van der Waals surface area (Å²) in [6.07, 6.45) is 1.58. The van der Waals surface area contributed by atoms with Crippen LogP contribution in [0.4, 0.5) is 0 Å². The van der Waals surface area contributed by atoms with Gasteiger partial charge in [0.1, 0.15) is 6.04 Å². The fraction of sp³-hybridized carbons (Fsp3) is 0.310. The molecule has 172 valence electrons. The molecule has 1 atom stereocenters. The molecule has 33 heavy (non-hydrogen) atoms. The van der Waals surface area contributed by atoms with Crippen molar-refractivity contribution in [3.63, 3.8) is 0 Å². The van der Waals surface area contributed by atoms with Gasteiger partial charge in [0, 0.05) is 19.5 Å². The lowest BCUT2D eigenvalue weighted by Gasteiger charge is -2.32. The zero-order valence-electron chi connectivity index (χ0n) is 19.9. The van der Waals surface area contributed by atoms with Gasteiger partial charge in [-0.05, 0) is 37.0 Å². The van der Waals surface area contributed by atoms with Crippen molar-refractivity contribution < 1.29 is 9.59 Å². The zero-order chi connectivity index (χ0) is 23.6. The van der Waals surface area contributed by atoms with E-state index in [1.54, 1.807) is 4.90 Å². The summed E-state index contributed by atoms with van der Waals surface area (Å²) in [5, 5.41) is 3.02. The molecule has 0 heterocycles. The van der Waals surface area contributed by atoms with Gasteiger partial charge in [-0.15, -0.1) is 0 Å². The summed E-state index contributed by atoms with van der Waals surface area (Å²) < 4.78 is 0. The molecule has 3 aromatic carbocycles. The summed E-state index contributed by atoms with van der Waals surface area (Å²) in [5.41, 5.74) is 5.30. The van der Waals surface area contributed by atoms with Gasteiger partial charge in [0.25, 0.3) is 0 Å². The lowest BCUT2D eigenvalue weighted by Crippen LogP contribution is -2.51. The van der Waals surface area contributed by atoms with E-state index >= 15 is 0 Å². The number of aryl methyl sites for hydroxylation is 2. The second kappa shape index (κ2) is 12.0. The molecule has 2 amide bonds. The molecule has 0 spiro atoms. The van der Waals surface area contributed by atoms with Crippen molar-refractivity contribution >= 4 is 11.8 Å². The molecule has 3 rings (SSSR count). The lowest BCUT2D eigenvalue weighted by molar-refractivity contribution is -0.140. The molecule has 0 aromatic heterocycles. The zero-order valence-corrected chi connectivity index (χ0v) is 19.9. The standard InChI is InChI=1S/C29H34N2O2/c1-4-17-30-29(33)27(19-24-10-6-5-7-11-24)31(21-26-12-8-9-23(3)18-26)28(32)20-25-15-13-22(2)14-16-25/h5-16,18,27H,4,17,19-21H2,1-3H3,(H,30,33)/t27-/m1/s1. The number of hydrogen-bond donors (Lipinski definition) is 1. The third-order valence-electron chi connectivity index (χ3n) is 5.73. The number of nitrogens with one attached hydrogen (secondary N) is 1. The van der Waals surface area contributed by atoms with Crippen LogP contribution in [0, 0.1) is 13.8 Å². The molecule has 1 N–H and O–H groups in total. The molecule has 0 unspecified atom stereocenters.